The van der Waals surface area contributed by atoms with Gasteiger partial charge in [0.15, 0.2) is 0 Å². The lowest BCUT2D eigenvalue weighted by Gasteiger charge is -2.25. The molecule has 0 bridgehead atoms. The van der Waals surface area contributed by atoms with Crippen molar-refractivity contribution in [2.45, 2.75) is 18.9 Å². The Morgan fingerprint density at radius 1 is 1.53 bits per heavy atom. The molecule has 4 heteroatoms. The molecule has 0 unspecified atom stereocenters. The molecule has 90 valence electrons. The van der Waals surface area contributed by atoms with E-state index in [1.165, 1.54) is 12.8 Å². The molecule has 0 atom stereocenters. The maximum atomic E-state index is 9.16. The van der Waals surface area contributed by atoms with Gasteiger partial charge in [0.1, 0.15) is 6.07 Å². The zero-order valence-electron chi connectivity index (χ0n) is 9.82. The van der Waals surface area contributed by atoms with Gasteiger partial charge in [-0.3, -0.25) is 0 Å². The molecule has 0 aliphatic heterocycles. The zero-order valence-corrected chi connectivity index (χ0v) is 11.4. The standard InChI is InChI=1S/C13H15BrN2O/c1-17-7-6-16(12-4-5-12)13-8-11(14)3-2-10(13)9-15/h2-3,8,12H,4-7H2,1H3. The third-order valence-corrected chi connectivity index (χ3v) is 3.41. The van der Waals surface area contributed by atoms with Crippen molar-refractivity contribution in [2.24, 2.45) is 0 Å². The summed E-state index contributed by atoms with van der Waals surface area (Å²) in [6.45, 7) is 1.53. The summed E-state index contributed by atoms with van der Waals surface area (Å²) in [5.74, 6) is 0. The third kappa shape index (κ3) is 2.99. The highest BCUT2D eigenvalue weighted by molar-refractivity contribution is 9.10. The summed E-state index contributed by atoms with van der Waals surface area (Å²) in [5, 5.41) is 9.16. The SMILES string of the molecule is COCCN(c1cc(Br)ccc1C#N)C1CC1. The van der Waals surface area contributed by atoms with Gasteiger partial charge < -0.3 is 9.64 Å². The van der Waals surface area contributed by atoms with Gasteiger partial charge in [-0.05, 0) is 31.0 Å². The maximum absolute atomic E-state index is 9.16. The van der Waals surface area contributed by atoms with Gasteiger partial charge in [-0.25, -0.2) is 0 Å². The molecular weight excluding hydrogens is 280 g/mol. The van der Waals surface area contributed by atoms with Crippen LogP contribution in [0.2, 0.25) is 0 Å². The summed E-state index contributed by atoms with van der Waals surface area (Å²) in [5.41, 5.74) is 1.75. The molecular formula is C13H15BrN2O. The van der Waals surface area contributed by atoms with Gasteiger partial charge in [0, 0.05) is 24.2 Å². The predicted octanol–water partition coefficient (Wildman–Crippen LogP) is 2.94. The van der Waals surface area contributed by atoms with Gasteiger partial charge in [0.25, 0.3) is 0 Å². The Morgan fingerprint density at radius 3 is 2.88 bits per heavy atom. The smallest absolute Gasteiger partial charge is 0.101 e. The predicted molar refractivity (Wildman–Crippen MR) is 71.1 cm³/mol. The Hall–Kier alpha value is -1.05. The second kappa shape index (κ2) is 5.52. The Balaban J connectivity index is 2.27. The van der Waals surface area contributed by atoms with Crippen LogP contribution in [0.5, 0.6) is 0 Å². The molecule has 1 aromatic carbocycles. The first-order valence-electron chi connectivity index (χ1n) is 5.71. The first kappa shape index (κ1) is 12.4. The number of nitrogens with zero attached hydrogens (tertiary/aromatic N) is 2. The minimum atomic E-state index is 0.576. The van der Waals surface area contributed by atoms with E-state index >= 15 is 0 Å². The van der Waals surface area contributed by atoms with E-state index in [1.807, 2.05) is 18.2 Å². The van der Waals surface area contributed by atoms with Crippen molar-refractivity contribution >= 4 is 21.6 Å². The van der Waals surface area contributed by atoms with Crippen molar-refractivity contribution in [1.29, 1.82) is 5.26 Å². The third-order valence-electron chi connectivity index (χ3n) is 2.91. The summed E-state index contributed by atoms with van der Waals surface area (Å²) in [4.78, 5) is 2.28. The highest BCUT2D eigenvalue weighted by Crippen LogP contribution is 2.34. The molecule has 0 radical (unpaired) electrons. The fourth-order valence-corrected chi connectivity index (χ4v) is 2.26. The van der Waals surface area contributed by atoms with Crippen LogP contribution in [0.3, 0.4) is 0 Å². The minimum Gasteiger partial charge on any atom is -0.383 e. The maximum Gasteiger partial charge on any atom is 0.101 e. The van der Waals surface area contributed by atoms with Crippen LogP contribution in [-0.4, -0.2) is 26.3 Å². The average Bonchev–Trinajstić information content (AvgIpc) is 3.14. The van der Waals surface area contributed by atoms with Crippen molar-refractivity contribution in [2.75, 3.05) is 25.2 Å². The van der Waals surface area contributed by atoms with Crippen LogP contribution < -0.4 is 4.90 Å². The summed E-state index contributed by atoms with van der Waals surface area (Å²) < 4.78 is 6.15. The summed E-state index contributed by atoms with van der Waals surface area (Å²) in [6.07, 6.45) is 2.42. The molecule has 1 saturated carbocycles. The average molecular weight is 295 g/mol. The van der Waals surface area contributed by atoms with E-state index < -0.39 is 0 Å². The monoisotopic (exact) mass is 294 g/mol. The van der Waals surface area contributed by atoms with E-state index in [4.69, 9.17) is 10.00 Å². The van der Waals surface area contributed by atoms with E-state index in [0.717, 1.165) is 22.3 Å². The fourth-order valence-electron chi connectivity index (χ4n) is 1.91. The van der Waals surface area contributed by atoms with Crippen LogP contribution in [0.15, 0.2) is 22.7 Å². The number of hydrogen-bond acceptors (Lipinski definition) is 3. The molecule has 2 rings (SSSR count). The topological polar surface area (TPSA) is 36.3 Å². The molecule has 0 N–H and O–H groups in total. The Labute approximate surface area is 110 Å². The van der Waals surface area contributed by atoms with E-state index in [1.54, 1.807) is 7.11 Å². The molecule has 1 aromatic rings. The summed E-state index contributed by atoms with van der Waals surface area (Å²) >= 11 is 3.46. The van der Waals surface area contributed by atoms with Gasteiger partial charge in [0.2, 0.25) is 0 Å². The molecule has 1 aliphatic carbocycles. The molecule has 0 saturated heterocycles. The van der Waals surface area contributed by atoms with E-state index in [0.29, 0.717) is 12.6 Å². The Bertz CT molecular complexity index is 438. The summed E-state index contributed by atoms with van der Waals surface area (Å²) in [6, 6.07) is 8.62. The number of anilines is 1. The lowest BCUT2D eigenvalue weighted by molar-refractivity contribution is 0.205. The molecule has 1 aliphatic rings. The van der Waals surface area contributed by atoms with Crippen LogP contribution >= 0.6 is 15.9 Å². The number of hydrogen-bond donors (Lipinski definition) is 0. The Morgan fingerprint density at radius 2 is 2.29 bits per heavy atom. The van der Waals surface area contributed by atoms with Gasteiger partial charge in [-0.15, -0.1) is 0 Å². The van der Waals surface area contributed by atoms with Crippen molar-refractivity contribution < 1.29 is 4.74 Å². The number of methoxy groups -OCH3 is 1. The first-order chi connectivity index (χ1) is 8.26. The number of halogens is 1. The van der Waals surface area contributed by atoms with Gasteiger partial charge in [-0.2, -0.15) is 5.26 Å². The zero-order chi connectivity index (χ0) is 12.3. The van der Waals surface area contributed by atoms with Crippen molar-refractivity contribution in [3.05, 3.63) is 28.2 Å². The molecule has 1 fully saturated rings. The molecule has 0 aromatic heterocycles. The summed E-state index contributed by atoms with van der Waals surface area (Å²) in [7, 11) is 1.71. The van der Waals surface area contributed by atoms with Crippen LogP contribution in [0.4, 0.5) is 5.69 Å². The first-order valence-corrected chi connectivity index (χ1v) is 6.51. The number of rotatable bonds is 5. The quantitative estimate of drug-likeness (QED) is 0.838. The van der Waals surface area contributed by atoms with Crippen molar-refractivity contribution in [3.63, 3.8) is 0 Å². The molecule has 3 nitrogen and oxygen atoms in total. The number of nitriles is 1. The van der Waals surface area contributed by atoms with Crippen LogP contribution in [0.25, 0.3) is 0 Å². The van der Waals surface area contributed by atoms with Gasteiger partial charge in [-0.1, -0.05) is 15.9 Å². The van der Waals surface area contributed by atoms with Crippen LogP contribution in [0, 0.1) is 11.3 Å². The minimum absolute atomic E-state index is 0.576. The number of ether oxygens (including phenoxy) is 1. The van der Waals surface area contributed by atoms with E-state index in [-0.39, 0.29) is 0 Å². The van der Waals surface area contributed by atoms with Gasteiger partial charge in [0.05, 0.1) is 17.9 Å². The van der Waals surface area contributed by atoms with E-state index in [2.05, 4.69) is 26.9 Å². The Kier molecular flexibility index (Phi) is 4.03. The van der Waals surface area contributed by atoms with Crippen LogP contribution in [0.1, 0.15) is 18.4 Å². The normalized spacial score (nSPS) is 14.4. The van der Waals surface area contributed by atoms with Gasteiger partial charge >= 0.3 is 0 Å². The second-order valence-corrected chi connectivity index (χ2v) is 5.11. The highest BCUT2D eigenvalue weighted by atomic mass is 79.9. The fraction of sp³-hybridized carbons (Fsp3) is 0.462. The number of benzene rings is 1. The molecule has 0 spiro atoms. The van der Waals surface area contributed by atoms with E-state index in [9.17, 15) is 0 Å². The molecule has 17 heavy (non-hydrogen) atoms. The van der Waals surface area contributed by atoms with Crippen molar-refractivity contribution in [3.8, 4) is 6.07 Å². The molecule has 0 amide bonds. The van der Waals surface area contributed by atoms with Crippen molar-refractivity contribution in [1.82, 2.24) is 0 Å². The lowest BCUT2D eigenvalue weighted by atomic mass is 10.1. The second-order valence-electron chi connectivity index (χ2n) is 4.19. The highest BCUT2D eigenvalue weighted by Gasteiger charge is 2.30. The lowest BCUT2D eigenvalue weighted by Crippen LogP contribution is -2.30. The largest absolute Gasteiger partial charge is 0.383 e. The van der Waals surface area contributed by atoms with Crippen LogP contribution in [-0.2, 0) is 4.74 Å². The molecule has 0 heterocycles.